The quantitative estimate of drug-likeness (QED) is 0.334. The van der Waals surface area contributed by atoms with E-state index in [4.69, 9.17) is 14.8 Å². The van der Waals surface area contributed by atoms with Gasteiger partial charge in [-0.05, 0) is 48.9 Å². The molecule has 2 aromatic heterocycles. The first-order valence-corrected chi connectivity index (χ1v) is 12.3. The number of benzene rings is 1. The van der Waals surface area contributed by atoms with Crippen molar-refractivity contribution in [2.75, 3.05) is 13.7 Å². The number of hydrogen-bond donors (Lipinski definition) is 3. The second-order valence-electron chi connectivity index (χ2n) is 8.82. The molecule has 0 fully saturated rings. The van der Waals surface area contributed by atoms with Gasteiger partial charge in [-0.25, -0.2) is 14.2 Å². The molecule has 196 valence electrons. The number of aliphatic hydroxyl groups is 2. The van der Waals surface area contributed by atoms with Crippen LogP contribution >= 0.6 is 0 Å². The number of carbonyl (C=O) groups is 2. The zero-order valence-corrected chi connectivity index (χ0v) is 21.3. The number of hydrogen-bond acceptors (Lipinski definition) is 7. The van der Waals surface area contributed by atoms with E-state index in [0.29, 0.717) is 34.6 Å². The zero-order chi connectivity index (χ0) is 27.0. The number of nitrogens with zero attached hydrogens (tertiary/aromatic N) is 2. The topological polar surface area (TPSA) is 131 Å². The first-order chi connectivity index (χ1) is 17.8. The van der Waals surface area contributed by atoms with Crippen LogP contribution in [0, 0.1) is 12.7 Å². The Kier molecular flexibility index (Phi) is 7.42. The molecule has 3 N–H and O–H groups in total. The molecule has 10 heteroatoms. The minimum Gasteiger partial charge on any atom is -0.458 e. The molecule has 1 unspecified atom stereocenters. The number of aromatic nitrogens is 2. The molecule has 37 heavy (non-hydrogen) atoms. The Morgan fingerprint density at radius 3 is 2.54 bits per heavy atom. The van der Waals surface area contributed by atoms with Crippen molar-refractivity contribution >= 4 is 22.8 Å². The first-order valence-electron chi connectivity index (χ1n) is 12.3. The number of carbonyl (C=O) groups excluding carboxylic acids is 2. The van der Waals surface area contributed by atoms with Gasteiger partial charge < -0.3 is 24.8 Å². The molecule has 3 aliphatic rings. The van der Waals surface area contributed by atoms with Gasteiger partial charge in [-0.3, -0.25) is 9.59 Å². The Balaban J connectivity index is 0.000000355. The summed E-state index contributed by atoms with van der Waals surface area (Å²) >= 11 is 0. The van der Waals surface area contributed by atoms with Crippen molar-refractivity contribution in [1.82, 2.24) is 14.9 Å². The van der Waals surface area contributed by atoms with Crippen molar-refractivity contribution in [3.8, 4) is 11.4 Å². The molecule has 6 rings (SSSR count). The molecule has 1 atom stereocenters. The van der Waals surface area contributed by atoms with Crippen molar-refractivity contribution in [1.29, 1.82) is 0 Å². The maximum absolute atomic E-state index is 14.5. The Morgan fingerprint density at radius 2 is 1.89 bits per heavy atom. The second-order valence-corrected chi connectivity index (χ2v) is 8.82. The predicted molar refractivity (Wildman–Crippen MR) is 135 cm³/mol. The Hall–Kier alpha value is -3.63. The van der Waals surface area contributed by atoms with Gasteiger partial charge in [0, 0.05) is 29.6 Å². The molecule has 9 nitrogen and oxygen atoms in total. The van der Waals surface area contributed by atoms with Crippen molar-refractivity contribution in [2.24, 2.45) is 0 Å². The minimum atomic E-state index is -1.48. The predicted octanol–water partition coefficient (Wildman–Crippen LogP) is 2.20. The second kappa shape index (κ2) is 10.4. The number of cyclic esters (lactones) is 1. The van der Waals surface area contributed by atoms with E-state index in [1.165, 1.54) is 13.1 Å². The highest BCUT2D eigenvalue weighted by atomic mass is 19.1. The van der Waals surface area contributed by atoms with Crippen LogP contribution in [0.4, 0.5) is 4.39 Å². The first kappa shape index (κ1) is 26.4. The van der Waals surface area contributed by atoms with Gasteiger partial charge in [0.15, 0.2) is 6.10 Å². The fourth-order valence-corrected chi connectivity index (χ4v) is 5.14. The molecule has 1 aliphatic carbocycles. The molecular formula is C27H30FN3O6. The molecule has 2 aliphatic heterocycles. The molecule has 1 amide bonds. The average molecular weight is 512 g/mol. The van der Waals surface area contributed by atoms with E-state index in [-0.39, 0.29) is 29.5 Å². The number of aliphatic hydroxyl groups excluding tert-OH is 2. The molecule has 4 heterocycles. The molecule has 3 aromatic rings. The third kappa shape index (κ3) is 4.30. The minimum absolute atomic E-state index is 0.141. The molecule has 0 saturated heterocycles. The number of fused-ring (bicyclic) bond motifs is 5. The van der Waals surface area contributed by atoms with Crippen molar-refractivity contribution in [3.05, 3.63) is 61.7 Å². The molecule has 0 bridgehead atoms. The summed E-state index contributed by atoms with van der Waals surface area (Å²) < 4.78 is 21.1. The SMILES string of the molecule is CC.CNC(=O)CO.Cc1c(F)cc2nc3c(c4c2c1CCC4)Cn1c-3cc2c(c1=O)COC(=O)C2O. The van der Waals surface area contributed by atoms with Gasteiger partial charge in [0.05, 0.1) is 29.0 Å². The van der Waals surface area contributed by atoms with Gasteiger partial charge in [-0.15, -0.1) is 0 Å². The van der Waals surface area contributed by atoms with Crippen molar-refractivity contribution < 1.29 is 28.9 Å². The van der Waals surface area contributed by atoms with E-state index in [2.05, 4.69) is 5.32 Å². The van der Waals surface area contributed by atoms with E-state index in [1.807, 2.05) is 13.8 Å². The summed E-state index contributed by atoms with van der Waals surface area (Å²) in [6.07, 6.45) is 1.12. The Morgan fingerprint density at radius 1 is 1.19 bits per heavy atom. The van der Waals surface area contributed by atoms with Crippen LogP contribution < -0.4 is 10.9 Å². The van der Waals surface area contributed by atoms with E-state index in [9.17, 15) is 23.9 Å². The van der Waals surface area contributed by atoms with Crippen molar-refractivity contribution in [3.63, 3.8) is 0 Å². The standard InChI is InChI=1S/C22H17FN2O4.C3H7NO2.C2H6/c1-9-10-3-2-4-11-13-7-25-17(19(13)24-16(18(10)11)6-15(9)23)5-12-14(21(25)27)8-29-22(28)20(12)26;1-4-3(6)2-5;1-2/h5-6,20,26H,2-4,7-8H2,1H3;5H,2H2,1H3,(H,4,6);1-2H3. The molecule has 1 aromatic carbocycles. The fourth-order valence-electron chi connectivity index (χ4n) is 5.14. The van der Waals surface area contributed by atoms with Crippen LogP contribution in [0.15, 0.2) is 16.9 Å². The van der Waals surface area contributed by atoms with Crippen LogP contribution in [0.5, 0.6) is 0 Å². The summed E-state index contributed by atoms with van der Waals surface area (Å²) in [5.74, 6) is -1.38. The lowest BCUT2D eigenvalue weighted by molar-refractivity contribution is -0.157. The monoisotopic (exact) mass is 511 g/mol. The highest BCUT2D eigenvalue weighted by Gasteiger charge is 2.35. The highest BCUT2D eigenvalue weighted by Crippen LogP contribution is 2.41. The lowest BCUT2D eigenvalue weighted by atomic mass is 9.85. The number of pyridine rings is 2. The van der Waals surface area contributed by atoms with Crippen LogP contribution in [-0.2, 0) is 40.3 Å². The van der Waals surface area contributed by atoms with E-state index in [0.717, 1.165) is 41.3 Å². The summed E-state index contributed by atoms with van der Waals surface area (Å²) in [5.41, 5.74) is 5.86. The molecular weight excluding hydrogens is 481 g/mol. The largest absolute Gasteiger partial charge is 0.458 e. The number of likely N-dealkylation sites (N-methyl/N-ethyl adjacent to an activating group) is 1. The normalized spacial score (nSPS) is 16.3. The van der Waals surface area contributed by atoms with Gasteiger partial charge in [0.2, 0.25) is 5.91 Å². The van der Waals surface area contributed by atoms with E-state index >= 15 is 0 Å². The number of esters is 1. The third-order valence-electron chi connectivity index (χ3n) is 6.96. The summed E-state index contributed by atoms with van der Waals surface area (Å²) in [7, 11) is 1.47. The van der Waals surface area contributed by atoms with Gasteiger partial charge in [0.25, 0.3) is 5.56 Å². The van der Waals surface area contributed by atoms with Crippen LogP contribution in [0.2, 0.25) is 0 Å². The van der Waals surface area contributed by atoms with E-state index < -0.39 is 18.7 Å². The zero-order valence-electron chi connectivity index (χ0n) is 21.3. The van der Waals surface area contributed by atoms with Crippen LogP contribution in [0.25, 0.3) is 22.3 Å². The summed E-state index contributed by atoms with van der Waals surface area (Å²) in [6, 6.07) is 3.13. The maximum Gasteiger partial charge on any atom is 0.340 e. The number of ether oxygens (including phenoxy) is 1. The highest BCUT2D eigenvalue weighted by molar-refractivity contribution is 5.92. The number of halogens is 1. The third-order valence-corrected chi connectivity index (χ3v) is 6.96. The number of amides is 1. The Bertz CT molecular complexity index is 1470. The summed E-state index contributed by atoms with van der Waals surface area (Å²) in [5, 5.41) is 21.4. The molecule has 0 radical (unpaired) electrons. The van der Waals surface area contributed by atoms with Crippen LogP contribution in [0.1, 0.15) is 59.8 Å². The van der Waals surface area contributed by atoms with Crippen LogP contribution in [0.3, 0.4) is 0 Å². The van der Waals surface area contributed by atoms with Crippen LogP contribution in [-0.4, -0.2) is 45.3 Å². The smallest absolute Gasteiger partial charge is 0.340 e. The summed E-state index contributed by atoms with van der Waals surface area (Å²) in [4.78, 5) is 39.4. The van der Waals surface area contributed by atoms with Gasteiger partial charge >= 0.3 is 5.97 Å². The van der Waals surface area contributed by atoms with Crippen molar-refractivity contribution in [2.45, 2.75) is 59.3 Å². The summed E-state index contributed by atoms with van der Waals surface area (Å²) in [6.45, 7) is 5.63. The number of rotatable bonds is 1. The van der Waals surface area contributed by atoms with E-state index in [1.54, 1.807) is 17.6 Å². The van der Waals surface area contributed by atoms with Gasteiger partial charge in [-0.1, -0.05) is 13.8 Å². The van der Waals surface area contributed by atoms with Gasteiger partial charge in [0.1, 0.15) is 19.0 Å². The van der Waals surface area contributed by atoms with Gasteiger partial charge in [-0.2, -0.15) is 0 Å². The maximum atomic E-state index is 14.5. The Labute approximate surface area is 212 Å². The molecule has 0 saturated carbocycles. The fraction of sp³-hybridized carbons (Fsp3) is 0.407. The average Bonchev–Trinajstić information content (AvgIpc) is 3.29. The lowest BCUT2D eigenvalue weighted by Crippen LogP contribution is -2.32. The number of aryl methyl sites for hydroxylation is 2. The molecule has 0 spiro atoms. The number of nitrogens with one attached hydrogen (secondary N) is 1. The lowest BCUT2D eigenvalue weighted by Gasteiger charge is -2.22.